The molecule has 1 aliphatic rings. The number of aliphatic hydroxyl groups excluding tert-OH is 1. The molecule has 0 saturated carbocycles. The summed E-state index contributed by atoms with van der Waals surface area (Å²) in [5.74, 6) is 1.42. The van der Waals surface area contributed by atoms with Gasteiger partial charge in [0.1, 0.15) is 0 Å². The summed E-state index contributed by atoms with van der Waals surface area (Å²) in [7, 11) is 0. The molecule has 1 aromatic carbocycles. The minimum atomic E-state index is -0.553. The van der Waals surface area contributed by atoms with Gasteiger partial charge in [0.25, 0.3) is 0 Å². The van der Waals surface area contributed by atoms with Crippen molar-refractivity contribution in [3.05, 3.63) is 22.2 Å². The van der Waals surface area contributed by atoms with E-state index in [9.17, 15) is 5.11 Å². The van der Waals surface area contributed by atoms with Crippen molar-refractivity contribution in [2.45, 2.75) is 38.6 Å². The van der Waals surface area contributed by atoms with Crippen LogP contribution in [0.3, 0.4) is 0 Å². The highest BCUT2D eigenvalue weighted by Crippen LogP contribution is 2.40. The van der Waals surface area contributed by atoms with Crippen molar-refractivity contribution in [1.82, 2.24) is 0 Å². The number of hydrogen-bond donors (Lipinski definition) is 2. The smallest absolute Gasteiger partial charge is 0.175 e. The maximum atomic E-state index is 9.58. The van der Waals surface area contributed by atoms with Crippen LogP contribution in [0, 0.1) is 0 Å². The molecule has 118 valence electrons. The predicted molar refractivity (Wildman–Crippen MR) is 83.8 cm³/mol. The molecule has 21 heavy (non-hydrogen) atoms. The van der Waals surface area contributed by atoms with Gasteiger partial charge >= 0.3 is 0 Å². The monoisotopic (exact) mass is 359 g/mol. The lowest BCUT2D eigenvalue weighted by molar-refractivity contribution is -0.0592. The third kappa shape index (κ3) is 4.10. The van der Waals surface area contributed by atoms with Crippen LogP contribution in [0.5, 0.6) is 11.5 Å². The molecular formula is C15H22BrNO4. The lowest BCUT2D eigenvalue weighted by Crippen LogP contribution is -2.28. The Bertz CT molecular complexity index is 481. The van der Waals surface area contributed by atoms with Crippen molar-refractivity contribution in [2.75, 3.05) is 19.8 Å². The van der Waals surface area contributed by atoms with Crippen LogP contribution < -0.4 is 15.2 Å². The van der Waals surface area contributed by atoms with Crippen LogP contribution in [-0.4, -0.2) is 37.1 Å². The van der Waals surface area contributed by atoms with E-state index in [1.807, 2.05) is 19.1 Å². The molecule has 0 saturated heterocycles. The number of rotatable bonds is 5. The zero-order chi connectivity index (χ0) is 15.4. The quantitative estimate of drug-likeness (QED) is 0.844. The van der Waals surface area contributed by atoms with E-state index < -0.39 is 6.10 Å². The van der Waals surface area contributed by atoms with Crippen molar-refractivity contribution in [1.29, 1.82) is 0 Å². The maximum absolute atomic E-state index is 9.58. The van der Waals surface area contributed by atoms with E-state index in [0.29, 0.717) is 25.5 Å². The Balaban J connectivity index is 2.25. The molecule has 3 atom stereocenters. The van der Waals surface area contributed by atoms with Gasteiger partial charge in [-0.2, -0.15) is 0 Å². The lowest BCUT2D eigenvalue weighted by atomic mass is 10.1. The Hall–Kier alpha value is -0.820. The number of nitrogens with two attached hydrogens (primary N) is 1. The number of ether oxygens (including phenoxy) is 3. The second kappa shape index (κ2) is 7.45. The minimum absolute atomic E-state index is 0.298. The van der Waals surface area contributed by atoms with E-state index in [1.165, 1.54) is 0 Å². The SMILES string of the molecule is CC(O)C(C)OC(CN)c1cc(Br)c2c(c1)OCCCO2. The molecule has 2 rings (SSSR count). The number of fused-ring (bicyclic) bond motifs is 1. The van der Waals surface area contributed by atoms with Crippen LogP contribution in [-0.2, 0) is 4.74 Å². The fourth-order valence-electron chi connectivity index (χ4n) is 2.08. The number of halogens is 1. The maximum Gasteiger partial charge on any atom is 0.175 e. The summed E-state index contributed by atoms with van der Waals surface area (Å²) in [6, 6.07) is 3.83. The number of aliphatic hydroxyl groups is 1. The third-order valence-corrected chi connectivity index (χ3v) is 4.06. The Morgan fingerprint density at radius 2 is 2.05 bits per heavy atom. The van der Waals surface area contributed by atoms with E-state index in [0.717, 1.165) is 22.2 Å². The average Bonchev–Trinajstić information content (AvgIpc) is 2.69. The summed E-state index contributed by atoms with van der Waals surface area (Å²) in [5.41, 5.74) is 6.72. The van der Waals surface area contributed by atoms with Gasteiger partial charge in [-0.05, 0) is 47.5 Å². The van der Waals surface area contributed by atoms with E-state index >= 15 is 0 Å². The van der Waals surface area contributed by atoms with Crippen molar-refractivity contribution in [3.63, 3.8) is 0 Å². The minimum Gasteiger partial charge on any atom is -0.490 e. The first-order valence-electron chi connectivity index (χ1n) is 7.15. The van der Waals surface area contributed by atoms with Crippen LogP contribution in [0.15, 0.2) is 16.6 Å². The molecule has 1 aliphatic heterocycles. The van der Waals surface area contributed by atoms with Gasteiger partial charge in [0.05, 0.1) is 36.0 Å². The number of benzene rings is 1. The molecule has 0 amide bonds. The van der Waals surface area contributed by atoms with E-state index in [1.54, 1.807) is 6.92 Å². The van der Waals surface area contributed by atoms with E-state index in [2.05, 4.69) is 15.9 Å². The summed E-state index contributed by atoms with van der Waals surface area (Å²) >= 11 is 3.51. The molecule has 1 aromatic rings. The Labute approximate surface area is 133 Å². The molecule has 1 heterocycles. The first kappa shape index (κ1) is 16.5. The van der Waals surface area contributed by atoms with Crippen LogP contribution in [0.1, 0.15) is 31.9 Å². The molecule has 0 spiro atoms. The van der Waals surface area contributed by atoms with Gasteiger partial charge in [-0.15, -0.1) is 0 Å². The zero-order valence-electron chi connectivity index (χ0n) is 12.3. The largest absolute Gasteiger partial charge is 0.490 e. The van der Waals surface area contributed by atoms with Gasteiger partial charge in [-0.25, -0.2) is 0 Å². The second-order valence-corrected chi connectivity index (χ2v) is 6.04. The number of hydrogen-bond acceptors (Lipinski definition) is 5. The zero-order valence-corrected chi connectivity index (χ0v) is 13.9. The van der Waals surface area contributed by atoms with Crippen LogP contribution >= 0.6 is 15.9 Å². The second-order valence-electron chi connectivity index (χ2n) is 5.19. The van der Waals surface area contributed by atoms with Gasteiger partial charge in [0.15, 0.2) is 11.5 Å². The van der Waals surface area contributed by atoms with E-state index in [4.69, 9.17) is 19.9 Å². The molecule has 0 aromatic heterocycles. The van der Waals surface area contributed by atoms with Crippen molar-refractivity contribution in [3.8, 4) is 11.5 Å². The fourth-order valence-corrected chi connectivity index (χ4v) is 2.65. The summed E-state index contributed by atoms with van der Waals surface area (Å²) in [4.78, 5) is 0. The van der Waals surface area contributed by atoms with Gasteiger partial charge < -0.3 is 25.1 Å². The highest BCUT2D eigenvalue weighted by molar-refractivity contribution is 9.10. The highest BCUT2D eigenvalue weighted by atomic mass is 79.9. The molecule has 5 nitrogen and oxygen atoms in total. The van der Waals surface area contributed by atoms with Crippen molar-refractivity contribution in [2.24, 2.45) is 5.73 Å². The highest BCUT2D eigenvalue weighted by Gasteiger charge is 2.22. The first-order chi connectivity index (χ1) is 10.0. The molecule has 3 unspecified atom stereocenters. The summed E-state index contributed by atoms with van der Waals surface area (Å²) in [6.07, 6.45) is -0.300. The molecule has 0 bridgehead atoms. The Kier molecular flexibility index (Phi) is 5.87. The third-order valence-electron chi connectivity index (χ3n) is 3.47. The molecule has 0 fully saturated rings. The van der Waals surface area contributed by atoms with Gasteiger partial charge in [-0.3, -0.25) is 0 Å². The van der Waals surface area contributed by atoms with Gasteiger partial charge in [-0.1, -0.05) is 0 Å². The Morgan fingerprint density at radius 3 is 2.71 bits per heavy atom. The van der Waals surface area contributed by atoms with Crippen molar-refractivity contribution >= 4 is 15.9 Å². The van der Waals surface area contributed by atoms with Crippen LogP contribution in [0.2, 0.25) is 0 Å². The summed E-state index contributed by atoms with van der Waals surface area (Å²) in [5, 5.41) is 9.58. The fraction of sp³-hybridized carbons (Fsp3) is 0.600. The molecular weight excluding hydrogens is 338 g/mol. The molecule has 6 heteroatoms. The lowest BCUT2D eigenvalue weighted by Gasteiger charge is -2.24. The van der Waals surface area contributed by atoms with Crippen molar-refractivity contribution < 1.29 is 19.3 Å². The standard InChI is InChI=1S/C15H22BrNO4/c1-9(18)10(2)21-14(8-17)11-6-12(16)15-13(7-11)19-4-3-5-20-15/h6-7,9-10,14,18H,3-5,8,17H2,1-2H3. The predicted octanol–water partition coefficient (Wildman–Crippen LogP) is 2.40. The van der Waals surface area contributed by atoms with Gasteiger partial charge in [0, 0.05) is 13.0 Å². The first-order valence-corrected chi connectivity index (χ1v) is 7.95. The topological polar surface area (TPSA) is 73.9 Å². The van der Waals surface area contributed by atoms with E-state index in [-0.39, 0.29) is 12.2 Å². The average molecular weight is 360 g/mol. The summed E-state index contributed by atoms with van der Waals surface area (Å²) in [6.45, 7) is 5.11. The Morgan fingerprint density at radius 1 is 1.33 bits per heavy atom. The van der Waals surface area contributed by atoms with Crippen LogP contribution in [0.4, 0.5) is 0 Å². The normalized spacial score (nSPS) is 18.7. The van der Waals surface area contributed by atoms with Gasteiger partial charge in [0.2, 0.25) is 0 Å². The molecule has 0 radical (unpaired) electrons. The molecule has 0 aliphatic carbocycles. The van der Waals surface area contributed by atoms with Crippen LogP contribution in [0.25, 0.3) is 0 Å². The summed E-state index contributed by atoms with van der Waals surface area (Å²) < 4.78 is 18.1. The molecule has 3 N–H and O–H groups in total.